The normalized spacial score (nSPS) is 20.0. The van der Waals surface area contributed by atoms with Crippen molar-refractivity contribution in [2.24, 2.45) is 17.6 Å². The number of aromatic nitrogens is 3. The summed E-state index contributed by atoms with van der Waals surface area (Å²) in [6, 6.07) is 5.66. The number of nitrogens with one attached hydrogen (secondary N) is 2. The number of aromatic amines is 1. The number of benzene rings is 1. The predicted octanol–water partition coefficient (Wildman–Crippen LogP) is 5.22. The summed E-state index contributed by atoms with van der Waals surface area (Å²) in [7, 11) is -3.50. The Balaban J connectivity index is 0.000000208. The number of amides is 4. The fourth-order valence-corrected chi connectivity index (χ4v) is 10.1. The SMILES string of the molecule is CC(C)(C)OC(=O)NCC(=O)N1CCCC1C(N)=O.CC(C)n1c(=O)[nH]c2c(-c3nc(C4CCCCC4)cs3)cccc21.CCCCC/C=C\C1CC1C(=O)[N-]S(=O)(=O)C1CC1.[K+]. The van der Waals surface area contributed by atoms with Crippen LogP contribution in [-0.4, -0.2) is 81.6 Å². The zero-order valence-corrected chi connectivity index (χ0v) is 42.9. The van der Waals surface area contributed by atoms with Gasteiger partial charge in [-0.15, -0.1) is 11.3 Å². The number of hydrogen-bond donors (Lipinski definition) is 3. The summed E-state index contributed by atoms with van der Waals surface area (Å²) in [5.41, 5.74) is 8.70. The van der Waals surface area contributed by atoms with Gasteiger partial charge in [0.15, 0.2) is 0 Å². The van der Waals surface area contributed by atoms with Gasteiger partial charge in [0, 0.05) is 40.6 Å². The summed E-state index contributed by atoms with van der Waals surface area (Å²) in [4.78, 5) is 67.8. The van der Waals surface area contributed by atoms with Crippen LogP contribution in [0.25, 0.3) is 26.3 Å². The van der Waals surface area contributed by atoms with Crippen LogP contribution in [0.2, 0.25) is 0 Å². The third-order valence-corrected chi connectivity index (χ3v) is 14.0. The van der Waals surface area contributed by atoms with Gasteiger partial charge < -0.3 is 35.2 Å². The Labute approximate surface area is 419 Å². The molecule has 4 aliphatic rings. The van der Waals surface area contributed by atoms with Crippen LogP contribution in [0, 0.1) is 11.8 Å². The molecule has 7 rings (SSSR count). The number of thiazole rings is 1. The van der Waals surface area contributed by atoms with Crippen LogP contribution in [-0.2, 0) is 29.1 Å². The van der Waals surface area contributed by atoms with Crippen molar-refractivity contribution in [1.82, 2.24) is 24.8 Å². The van der Waals surface area contributed by atoms with E-state index in [1.807, 2.05) is 30.5 Å². The summed E-state index contributed by atoms with van der Waals surface area (Å²) >= 11 is 1.69. The van der Waals surface area contributed by atoms with E-state index < -0.39 is 39.6 Å². The van der Waals surface area contributed by atoms with E-state index in [1.54, 1.807) is 32.1 Å². The molecule has 3 aromatic rings. The number of likely N-dealkylation sites (tertiary alicyclic amines) is 1. The Morgan fingerprint density at radius 1 is 1.06 bits per heavy atom. The van der Waals surface area contributed by atoms with Crippen molar-refractivity contribution in [3.05, 3.63) is 56.6 Å². The van der Waals surface area contributed by atoms with Crippen LogP contribution in [0.5, 0.6) is 0 Å². The Kier molecular flexibility index (Phi) is 20.1. The molecule has 3 atom stereocenters. The maximum atomic E-state index is 12.3. The summed E-state index contributed by atoms with van der Waals surface area (Å²) in [5, 5.41) is 5.22. The van der Waals surface area contributed by atoms with Crippen LogP contribution < -0.4 is 68.1 Å². The zero-order chi connectivity index (χ0) is 45.2. The standard InChI is InChI=1S/C19H23N3OS.C14H23NO3S.C12H21N3O4.K/c1-12(2)22-16-10-6-9-14(17(16)21-19(22)23)18-20-15(11-24-18)13-7-4-3-5-8-13;1-2-3-4-5-6-7-11-10-13(11)14(16)15-19(17,18)12-8-9-12;1-12(2,3)19-11(18)14-7-9(16)15-6-4-5-8(15)10(13)17;/h6,9-13H,3-5,7-8H2,1-2H3,(H,21,23);6-7,11-13H,2-5,8-10H2,1H3,(H,15,16);8H,4-7H2,1-3H3,(H2,13,17)(H,14,18);/q;;;+1/p-1/b;7-6-;;. The molecule has 3 unspecified atom stereocenters. The average molecular weight is 936 g/mol. The second kappa shape index (κ2) is 24.1. The summed E-state index contributed by atoms with van der Waals surface area (Å²) in [6.45, 7) is 11.7. The number of nitrogens with two attached hydrogens (primary N) is 1. The molecule has 1 saturated heterocycles. The second-order valence-corrected chi connectivity index (χ2v) is 20.8. The minimum Gasteiger partial charge on any atom is -0.545 e. The van der Waals surface area contributed by atoms with E-state index in [0.717, 1.165) is 40.9 Å². The van der Waals surface area contributed by atoms with Crippen LogP contribution >= 0.6 is 11.3 Å². The number of carbonyl (C=O) groups excluding carboxylic acids is 4. The van der Waals surface area contributed by atoms with E-state index >= 15 is 0 Å². The van der Waals surface area contributed by atoms with Crippen molar-refractivity contribution >= 4 is 56.2 Å². The third kappa shape index (κ3) is 15.6. The van der Waals surface area contributed by atoms with Crippen LogP contribution in [0.1, 0.15) is 149 Å². The molecule has 63 heavy (non-hydrogen) atoms. The molecule has 342 valence electrons. The number of unbranched alkanes of at least 4 members (excludes halogenated alkanes) is 3. The molecule has 0 spiro atoms. The van der Waals surface area contributed by atoms with Crippen LogP contribution in [0.3, 0.4) is 0 Å². The van der Waals surface area contributed by atoms with Gasteiger partial charge in [-0.05, 0) is 110 Å². The molecule has 1 aliphatic heterocycles. The van der Waals surface area contributed by atoms with Gasteiger partial charge in [-0.2, -0.15) is 0 Å². The van der Waals surface area contributed by atoms with Crippen molar-refractivity contribution in [2.45, 2.75) is 160 Å². The van der Waals surface area contributed by atoms with Crippen molar-refractivity contribution in [3.63, 3.8) is 0 Å². The summed E-state index contributed by atoms with van der Waals surface area (Å²) in [5.74, 6) is -0.629. The summed E-state index contributed by atoms with van der Waals surface area (Å²) in [6.07, 6.45) is 18.1. The van der Waals surface area contributed by atoms with Crippen molar-refractivity contribution < 1.29 is 83.7 Å². The van der Waals surface area contributed by atoms with Gasteiger partial charge in [-0.3, -0.25) is 14.2 Å². The molecule has 15 nitrogen and oxygen atoms in total. The number of alkyl carbamates (subject to hydrolysis) is 1. The zero-order valence-electron chi connectivity index (χ0n) is 38.2. The molecule has 2 aromatic heterocycles. The number of nitrogens with zero attached hydrogens (tertiary/aromatic N) is 4. The van der Waals surface area contributed by atoms with Gasteiger partial charge >= 0.3 is 63.2 Å². The molecular formula is C45H66KN7O8S2. The molecule has 4 fully saturated rings. The van der Waals surface area contributed by atoms with Gasteiger partial charge in [0.25, 0.3) is 0 Å². The molecule has 1 aromatic carbocycles. The first-order valence-electron chi connectivity index (χ1n) is 22.3. The number of fused-ring (bicyclic) bond motifs is 1. The number of ether oxygens (including phenoxy) is 1. The minimum absolute atomic E-state index is 0. The number of rotatable bonds is 14. The fraction of sp³-hybridized carbons (Fsp3) is 0.644. The van der Waals surface area contributed by atoms with Crippen molar-refractivity contribution in [3.8, 4) is 10.6 Å². The largest absolute Gasteiger partial charge is 1.00 e. The van der Waals surface area contributed by atoms with E-state index in [4.69, 9.17) is 15.5 Å². The third-order valence-electron chi connectivity index (χ3n) is 11.4. The van der Waals surface area contributed by atoms with Crippen LogP contribution in [0.4, 0.5) is 4.79 Å². The van der Waals surface area contributed by atoms with Gasteiger partial charge in [0.1, 0.15) is 23.2 Å². The van der Waals surface area contributed by atoms with Gasteiger partial charge in [0.2, 0.25) is 11.8 Å². The number of sulfonamides is 1. The monoisotopic (exact) mass is 935 g/mol. The Bertz CT molecular complexity index is 2220. The Morgan fingerprint density at radius 3 is 2.41 bits per heavy atom. The van der Waals surface area contributed by atoms with E-state index in [9.17, 15) is 32.4 Å². The maximum Gasteiger partial charge on any atom is 1.00 e. The molecule has 3 saturated carbocycles. The van der Waals surface area contributed by atoms with E-state index in [2.05, 4.69) is 45.5 Å². The maximum absolute atomic E-state index is 12.3. The molecule has 4 N–H and O–H groups in total. The first kappa shape index (κ1) is 52.7. The first-order valence-corrected chi connectivity index (χ1v) is 24.7. The van der Waals surface area contributed by atoms with Gasteiger partial charge in [-0.1, -0.05) is 57.2 Å². The number of H-pyrrole nitrogens is 1. The van der Waals surface area contributed by atoms with Gasteiger partial charge in [0.05, 0.1) is 32.7 Å². The number of allylic oxidation sites excluding steroid dienone is 2. The minimum atomic E-state index is -3.50. The van der Waals surface area contributed by atoms with E-state index in [-0.39, 0.29) is 92.7 Å². The number of primary amides is 1. The smallest absolute Gasteiger partial charge is 0.545 e. The number of imidazole rings is 1. The average Bonchev–Trinajstić information content (AvgIpc) is 4.07. The predicted molar refractivity (Wildman–Crippen MR) is 243 cm³/mol. The Morgan fingerprint density at radius 2 is 1.78 bits per heavy atom. The van der Waals surface area contributed by atoms with Gasteiger partial charge in [-0.25, -0.2) is 23.0 Å². The van der Waals surface area contributed by atoms with E-state index in [0.29, 0.717) is 31.7 Å². The second-order valence-electron chi connectivity index (χ2n) is 18.1. The van der Waals surface area contributed by atoms with E-state index in [1.165, 1.54) is 62.0 Å². The number of para-hydroxylation sites is 1. The van der Waals surface area contributed by atoms with Crippen molar-refractivity contribution in [2.75, 3.05) is 13.1 Å². The Hall–Kier alpha value is -2.87. The molecule has 3 heterocycles. The molecule has 3 aliphatic carbocycles. The summed E-state index contributed by atoms with van der Waals surface area (Å²) < 4.78 is 33.4. The molecule has 18 heteroatoms. The number of carbonyl (C=O) groups is 4. The molecule has 0 radical (unpaired) electrons. The topological polar surface area (TPSA) is 218 Å². The number of hydrogen-bond acceptors (Lipinski definition) is 10. The molecular weight excluding hydrogens is 870 g/mol. The fourth-order valence-electron chi connectivity index (χ4n) is 7.89. The molecule has 0 bridgehead atoms. The van der Waals surface area contributed by atoms with Crippen molar-refractivity contribution in [1.29, 1.82) is 0 Å². The van der Waals surface area contributed by atoms with Crippen LogP contribution in [0.15, 0.2) is 40.5 Å². The first-order chi connectivity index (χ1) is 29.4. The molecule has 4 amide bonds. The quantitative estimate of drug-likeness (QED) is 0.110.